The van der Waals surface area contributed by atoms with Crippen LogP contribution in [-0.2, 0) is 35.7 Å². The Morgan fingerprint density at radius 1 is 0.699 bits per heavy atom. The maximum atomic E-state index is 13.7. The Bertz CT molecular complexity index is 7030. The van der Waals surface area contributed by atoms with Gasteiger partial charge < -0.3 is 86.5 Å². The molecule has 2 saturated heterocycles. The fraction of sp³-hybridized carbons (Fsp3) is 0.286. The first-order valence-electron chi connectivity index (χ1n) is 44.8. The molecule has 12 N–H and O–H groups in total. The van der Waals surface area contributed by atoms with Gasteiger partial charge in [-0.1, -0.05) is 75.0 Å². The van der Waals surface area contributed by atoms with E-state index in [-0.39, 0.29) is 58.3 Å². The number of ether oxygens (including phenoxy) is 4. The Morgan fingerprint density at radius 3 is 2.06 bits per heavy atom. The third kappa shape index (κ3) is 26.8. The number of hydrogen-bond acceptors (Lipinski definition) is 22. The number of urea groups is 3. The van der Waals surface area contributed by atoms with Gasteiger partial charge in [-0.15, -0.1) is 5.10 Å². The lowest BCUT2D eigenvalue weighted by molar-refractivity contribution is -0.137. The van der Waals surface area contributed by atoms with Gasteiger partial charge >= 0.3 is 30.0 Å². The smallest absolute Gasteiger partial charge is 0.417 e. The number of halogens is 9. The molecule has 13 aromatic rings. The van der Waals surface area contributed by atoms with Gasteiger partial charge in [-0.25, -0.2) is 33.0 Å². The van der Waals surface area contributed by atoms with Gasteiger partial charge in [0.05, 0.1) is 57.9 Å². The van der Waals surface area contributed by atoms with Gasteiger partial charge in [-0.2, -0.15) is 17.9 Å². The van der Waals surface area contributed by atoms with E-state index in [0.29, 0.717) is 134 Å². The minimum Gasteiger partial charge on any atom is -0.493 e. The number of aromatic amines is 1. The van der Waals surface area contributed by atoms with Crippen LogP contribution in [-0.4, -0.2) is 185 Å². The van der Waals surface area contributed by atoms with Crippen LogP contribution in [0.15, 0.2) is 177 Å². The average molecular weight is 2150 g/mol. The molecule has 36 nitrogen and oxygen atoms in total. The maximum absolute atomic E-state index is 13.7. The average Bonchev–Trinajstić information content (AvgIpc) is 1.61. The molecule has 3 aliphatic heterocycles. The number of anilines is 5. The van der Waals surface area contributed by atoms with E-state index >= 15 is 0 Å². The molecule has 0 bridgehead atoms. The number of methoxy groups -OCH3 is 2. The normalized spacial score (nSPS) is 14.1. The first-order chi connectivity index (χ1) is 68.4. The molecule has 7 aromatic heterocycles. The van der Waals surface area contributed by atoms with Gasteiger partial charge in [-0.05, 0) is 238 Å². The van der Waals surface area contributed by atoms with E-state index in [9.17, 15) is 60.7 Å². The number of piperidine rings is 2. The zero-order chi connectivity index (χ0) is 103. The molecule has 2 fully saturated rings. The van der Waals surface area contributed by atoms with Crippen molar-refractivity contribution < 1.29 is 79.4 Å². The molecule has 4 aliphatic rings. The molecule has 11 amide bonds. The number of pyridine rings is 3. The molecule has 45 heteroatoms. The summed E-state index contributed by atoms with van der Waals surface area (Å²) >= 11 is 25.8. The SMILES string of the molecule is CCN(CC)CCNC(=O)c1c(C)[nH]c(/C=C2\C(=O)Nc3ccc(F)cc32)c1C.CNC(=O)c1cc(Oc2ccc(NC(=O)Nc3ccc(Cl)c(C(F)(F)F)c3)cc2)ccn1.COc1cc2nccc(Oc3ccc(NC(=O)Nc4cc(C)on4)c(Cl)c3)c2cc1OC.Cn1nnc2c(C(N)=O)ncn2c1=O.NC(=O)N1CCC(CC(=O)N2CCC([C@H]3c4ncc(Br)cc4CCc4cc(Cl)cc(Br)c43)CC2)CC1. The number of nitrogens with zero attached hydrogens (tertiary/aromatic N) is 12. The van der Waals surface area contributed by atoms with Crippen molar-refractivity contribution in [1.82, 2.24) is 74.8 Å². The highest BCUT2D eigenvalue weighted by molar-refractivity contribution is 9.10. The molecule has 0 radical (unpaired) electrons. The second kappa shape index (κ2) is 47.8. The van der Waals surface area contributed by atoms with Gasteiger partial charge in [0, 0.05) is 162 Å². The first kappa shape index (κ1) is 106. The molecule has 1 aliphatic carbocycles. The summed E-state index contributed by atoms with van der Waals surface area (Å²) in [6, 6.07) is 33.1. The van der Waals surface area contributed by atoms with E-state index < -0.39 is 46.2 Å². The van der Waals surface area contributed by atoms with Crippen molar-refractivity contribution in [1.29, 1.82) is 0 Å². The number of fused-ring (bicyclic) bond motifs is 5. The number of likely N-dealkylation sites (tertiary alicyclic amines) is 2. The summed E-state index contributed by atoms with van der Waals surface area (Å²) in [6.07, 6.45) is 9.21. The number of aryl methyl sites for hydroxylation is 5. The van der Waals surface area contributed by atoms with Crippen molar-refractivity contribution in [2.45, 2.75) is 91.7 Å². The third-order valence-electron chi connectivity index (χ3n) is 23.8. The third-order valence-corrected chi connectivity index (χ3v) is 25.8. The first-order valence-corrected chi connectivity index (χ1v) is 47.5. The Balaban J connectivity index is 0.000000153. The second-order valence-corrected chi connectivity index (χ2v) is 36.2. The molecule has 17 rings (SSSR count). The van der Waals surface area contributed by atoms with Crippen molar-refractivity contribution in [2.75, 3.05) is 100 Å². The highest BCUT2D eigenvalue weighted by Crippen LogP contribution is 2.48. The molecular weight excluding hydrogens is 2050 g/mol. The van der Waals surface area contributed by atoms with Crippen molar-refractivity contribution in [3.63, 3.8) is 0 Å². The van der Waals surface area contributed by atoms with Gasteiger partial charge in [0.25, 0.3) is 23.6 Å². The van der Waals surface area contributed by atoms with E-state index in [1.54, 1.807) is 117 Å². The number of amides is 11. The van der Waals surface area contributed by atoms with Gasteiger partial charge in [-0.3, -0.25) is 44.2 Å². The highest BCUT2D eigenvalue weighted by Gasteiger charge is 2.39. The van der Waals surface area contributed by atoms with E-state index in [1.165, 1.54) is 67.6 Å². The largest absolute Gasteiger partial charge is 0.493 e. The predicted octanol–water partition coefficient (Wildman–Crippen LogP) is 18.4. The summed E-state index contributed by atoms with van der Waals surface area (Å²) in [4.78, 5) is 134. The number of hydrogen-bond donors (Lipinski definition) is 10. The van der Waals surface area contributed by atoms with E-state index in [0.717, 1.165) is 129 Å². The number of benzene rings is 6. The number of carbonyl (C=O) groups excluding carboxylic acids is 8. The lowest BCUT2D eigenvalue weighted by atomic mass is 9.76. The quantitative estimate of drug-likeness (QED) is 0.0222. The van der Waals surface area contributed by atoms with Gasteiger partial charge in [0.2, 0.25) is 5.91 Å². The maximum Gasteiger partial charge on any atom is 0.417 e. The van der Waals surface area contributed by atoms with Crippen LogP contribution in [0, 0.1) is 38.4 Å². The predicted molar refractivity (Wildman–Crippen MR) is 539 cm³/mol. The summed E-state index contributed by atoms with van der Waals surface area (Å²) in [5, 5.41) is 30.4. The fourth-order valence-corrected chi connectivity index (χ4v) is 18.5. The zero-order valence-corrected chi connectivity index (χ0v) is 84.0. The highest BCUT2D eigenvalue weighted by atomic mass is 79.9. The Hall–Kier alpha value is -14.6. The van der Waals surface area contributed by atoms with Gasteiger partial charge in [0.1, 0.15) is 46.6 Å². The standard InChI is InChI=1S/C27H31Br2ClN4O2.C22H19ClN4O5.C22H27FN4O2.C21H16ClF3N4O3.C6H6N6O2/c28-20-12-19-2-1-18-13-21(30)14-22(29)24(18)25(26(19)32-15-20)17-5-9-33(10-6-17)23(35)11-16-3-7-34(8-4-16)27(31)36;1-12-8-21(27-32-12)26-22(28)25-16-5-4-13(9-15(16)23)31-18-6-7-24-17-11-20(30-3)19(29-2)10-14(17)18;1-5-27(6-2)10-9-24-22(29)20-13(3)19(25-14(20)4)12-17-16-11-15(23)7-8-18(16)26-21(17)28;1-26-19(30)18-11-15(8-9-27-18)32-14-5-2-12(3-6-14)28-20(31)29-13-4-7-17(22)16(10-13)21(23,24)25;1-11-6(14)12-2-8-3(4(7)13)5(12)9-10-11/h12-17,25H,1-11H2,(H2,31,36);4-11H,1-3H3,(H2,25,26,27,28);7-8,11-12,25H,5-6,9-10H2,1-4H3,(H,24,29)(H,26,28);2-11H,1H3,(H,26,30)(H2,28,29,31);2H,1H3,(H2,7,13)/b;;17-12-;;/t25-;;;;/m1..../s1. The van der Waals surface area contributed by atoms with Gasteiger partial charge in [0.15, 0.2) is 28.7 Å². The van der Waals surface area contributed by atoms with E-state index in [1.807, 2.05) is 31.0 Å². The summed E-state index contributed by atoms with van der Waals surface area (Å²) in [7, 11) is 6.06. The van der Waals surface area contributed by atoms with Crippen LogP contribution >= 0.6 is 66.7 Å². The number of nitrogens with one attached hydrogen (secondary N) is 8. The molecule has 0 spiro atoms. The number of primary amides is 2. The minimum atomic E-state index is -4.64. The molecule has 10 heterocycles. The monoisotopic (exact) mass is 2150 g/mol. The summed E-state index contributed by atoms with van der Waals surface area (Å²) in [5.74, 6) is 3.08. The molecule has 748 valence electrons. The molecule has 143 heavy (non-hydrogen) atoms. The Morgan fingerprint density at radius 2 is 1.38 bits per heavy atom. The van der Waals surface area contributed by atoms with Crippen LogP contribution in [0.3, 0.4) is 0 Å². The molecule has 1 atom stereocenters. The van der Waals surface area contributed by atoms with Crippen LogP contribution in [0.2, 0.25) is 15.1 Å². The van der Waals surface area contributed by atoms with Crippen LogP contribution in [0.25, 0.3) is 28.2 Å². The Kier molecular flexibility index (Phi) is 35.3. The number of imidazole rings is 1. The zero-order valence-electron chi connectivity index (χ0n) is 78.6. The minimum absolute atomic E-state index is 0.0600. The number of nitrogens with two attached hydrogens (primary N) is 2. The van der Waals surface area contributed by atoms with Crippen molar-refractivity contribution >= 4 is 171 Å². The van der Waals surface area contributed by atoms with Crippen molar-refractivity contribution in [3.8, 4) is 34.5 Å². The molecule has 0 unspecified atom stereocenters. The molecule has 6 aromatic carbocycles. The Labute approximate surface area is 848 Å². The lowest BCUT2D eigenvalue weighted by Crippen LogP contribution is -2.44. The molecule has 0 saturated carbocycles. The van der Waals surface area contributed by atoms with Crippen molar-refractivity contribution in [2.24, 2.45) is 30.4 Å². The number of aromatic nitrogens is 10. The number of H-pyrrole nitrogens is 1. The number of rotatable bonds is 22. The van der Waals surface area contributed by atoms with Crippen LogP contribution in [0.4, 0.5) is 60.5 Å². The van der Waals surface area contributed by atoms with E-state index in [2.05, 4.69) is 135 Å². The van der Waals surface area contributed by atoms with Crippen molar-refractivity contribution in [3.05, 3.63) is 272 Å². The topological polar surface area (TPSA) is 465 Å². The number of alkyl halides is 3. The van der Waals surface area contributed by atoms with Crippen LogP contribution in [0.5, 0.6) is 34.5 Å². The van der Waals surface area contributed by atoms with Crippen LogP contribution in [0.1, 0.15) is 139 Å². The lowest BCUT2D eigenvalue weighted by Gasteiger charge is -2.38. The number of likely N-dealkylation sites (N-methyl/N-ethyl adjacent to an activating group) is 1. The summed E-state index contributed by atoms with van der Waals surface area (Å²) in [6.45, 7) is 15.7. The summed E-state index contributed by atoms with van der Waals surface area (Å²) < 4.78 is 84.0. The fourth-order valence-electron chi connectivity index (χ4n) is 16.6. The van der Waals surface area contributed by atoms with E-state index in [4.69, 9.17) is 74.7 Å². The number of carbonyl (C=O) groups is 8. The van der Waals surface area contributed by atoms with Crippen LogP contribution < -0.4 is 73.3 Å². The second-order valence-electron chi connectivity index (χ2n) is 33.2. The summed E-state index contributed by atoms with van der Waals surface area (Å²) in [5.41, 5.74) is 19.8. The molecular formula is C98H99Br2Cl3F4N22O14.